The molecule has 0 aliphatic carbocycles. The Balaban J connectivity index is 2.09. The van der Waals surface area contributed by atoms with Crippen LogP contribution in [0.1, 0.15) is 0 Å². The molecule has 1 aromatic carbocycles. The molecule has 0 radical (unpaired) electrons. The Morgan fingerprint density at radius 3 is 2.90 bits per heavy atom. The van der Waals surface area contributed by atoms with E-state index in [2.05, 4.69) is 15.1 Å². The maximum absolute atomic E-state index is 13.2. The Morgan fingerprint density at radius 2 is 2.14 bits per heavy atom. The molecule has 2 heterocycles. The molecule has 0 unspecified atom stereocenters. The monoisotopic (exact) mass is 288 g/mol. The minimum absolute atomic E-state index is 0.0195. The third kappa shape index (κ3) is 2.38. The average Bonchev–Trinajstić information content (AvgIpc) is 2.92. The van der Waals surface area contributed by atoms with Crippen LogP contribution in [-0.2, 0) is 7.05 Å². The second-order valence-corrected chi connectivity index (χ2v) is 4.35. The van der Waals surface area contributed by atoms with Crippen LogP contribution in [-0.4, -0.2) is 19.7 Å². The van der Waals surface area contributed by atoms with E-state index in [1.54, 1.807) is 6.07 Å². The highest BCUT2D eigenvalue weighted by atomic mass is 19.1. The maximum atomic E-state index is 13.2. The van der Waals surface area contributed by atoms with Crippen molar-refractivity contribution < 1.29 is 8.91 Å². The molecule has 0 saturated heterocycles. The van der Waals surface area contributed by atoms with Crippen LogP contribution in [0.15, 0.2) is 44.6 Å². The number of benzene rings is 1. The molecule has 3 aromatic rings. The van der Waals surface area contributed by atoms with Crippen LogP contribution in [0.4, 0.5) is 4.39 Å². The van der Waals surface area contributed by atoms with Crippen LogP contribution in [0.25, 0.3) is 22.8 Å². The van der Waals surface area contributed by atoms with Gasteiger partial charge in [-0.2, -0.15) is 4.98 Å². The third-order valence-electron chi connectivity index (χ3n) is 2.85. The van der Waals surface area contributed by atoms with Gasteiger partial charge in [0.2, 0.25) is 5.82 Å². The van der Waals surface area contributed by atoms with Crippen LogP contribution in [0.3, 0.4) is 0 Å². The first-order valence-electron chi connectivity index (χ1n) is 5.94. The van der Waals surface area contributed by atoms with Gasteiger partial charge in [0.05, 0.1) is 0 Å². The van der Waals surface area contributed by atoms with Crippen molar-refractivity contribution in [2.45, 2.75) is 0 Å². The van der Waals surface area contributed by atoms with E-state index >= 15 is 0 Å². The summed E-state index contributed by atoms with van der Waals surface area (Å²) in [7, 11) is 1.48. The van der Waals surface area contributed by atoms with E-state index in [1.807, 2.05) is 0 Å². The zero-order valence-corrected chi connectivity index (χ0v) is 10.8. The van der Waals surface area contributed by atoms with Gasteiger partial charge < -0.3 is 9.09 Å². The zero-order chi connectivity index (χ0) is 15.0. The zero-order valence-electron chi connectivity index (χ0n) is 10.8. The molecule has 0 bridgehead atoms. The van der Waals surface area contributed by atoms with Gasteiger partial charge >= 0.3 is 5.69 Å². The predicted octanol–water partition coefficient (Wildman–Crippen LogP) is 0.930. The van der Waals surface area contributed by atoms with E-state index in [9.17, 15) is 14.0 Å². The predicted molar refractivity (Wildman–Crippen MR) is 71.0 cm³/mol. The van der Waals surface area contributed by atoms with E-state index in [4.69, 9.17) is 4.52 Å². The van der Waals surface area contributed by atoms with E-state index < -0.39 is 17.1 Å². The molecular weight excluding hydrogens is 279 g/mol. The number of hydrogen-bond acceptors (Lipinski definition) is 5. The molecule has 0 fully saturated rings. The number of nitrogens with one attached hydrogen (secondary N) is 1. The SMILES string of the molecule is Cn1cc(-c2noc(-c3cccc(F)c3)n2)c(=O)[nH]c1=O. The molecule has 2 aromatic heterocycles. The first-order chi connectivity index (χ1) is 10.0. The molecule has 7 nitrogen and oxygen atoms in total. The van der Waals surface area contributed by atoms with Gasteiger partial charge in [-0.3, -0.25) is 9.78 Å². The molecule has 0 atom stereocenters. The standard InChI is InChI=1S/C13H9FN4O3/c1-18-6-9(11(19)16-13(18)20)10-15-12(21-17-10)7-3-2-4-8(14)5-7/h2-6H,1H3,(H,16,19,20). The van der Waals surface area contributed by atoms with Crippen LogP contribution < -0.4 is 11.2 Å². The van der Waals surface area contributed by atoms with E-state index in [0.717, 1.165) is 0 Å². The van der Waals surface area contributed by atoms with Crippen molar-refractivity contribution in [3.63, 3.8) is 0 Å². The number of nitrogens with zero attached hydrogens (tertiary/aromatic N) is 3. The van der Waals surface area contributed by atoms with Crippen LogP contribution in [0.2, 0.25) is 0 Å². The van der Waals surface area contributed by atoms with Crippen molar-refractivity contribution in [3.8, 4) is 22.8 Å². The molecule has 8 heteroatoms. The van der Waals surface area contributed by atoms with Crippen LogP contribution >= 0.6 is 0 Å². The molecule has 0 saturated carbocycles. The van der Waals surface area contributed by atoms with Gasteiger partial charge in [0.25, 0.3) is 11.4 Å². The number of rotatable bonds is 2. The molecule has 0 aliphatic rings. The van der Waals surface area contributed by atoms with E-state index in [0.29, 0.717) is 5.56 Å². The molecule has 3 rings (SSSR count). The Morgan fingerprint density at radius 1 is 1.33 bits per heavy atom. The molecule has 1 N–H and O–H groups in total. The summed E-state index contributed by atoms with van der Waals surface area (Å²) >= 11 is 0. The molecule has 21 heavy (non-hydrogen) atoms. The number of aryl methyl sites for hydroxylation is 1. The highest BCUT2D eigenvalue weighted by Crippen LogP contribution is 2.20. The molecule has 0 aliphatic heterocycles. The lowest BCUT2D eigenvalue weighted by Gasteiger charge is -1.97. The lowest BCUT2D eigenvalue weighted by atomic mass is 10.2. The largest absolute Gasteiger partial charge is 0.334 e. The number of H-pyrrole nitrogens is 1. The topological polar surface area (TPSA) is 93.8 Å². The van der Waals surface area contributed by atoms with Gasteiger partial charge in [0.1, 0.15) is 11.4 Å². The van der Waals surface area contributed by atoms with Crippen LogP contribution in [0, 0.1) is 5.82 Å². The number of hydrogen-bond donors (Lipinski definition) is 1. The summed E-state index contributed by atoms with van der Waals surface area (Å²) in [5.74, 6) is -0.337. The minimum atomic E-state index is -0.621. The van der Waals surface area contributed by atoms with Crippen LogP contribution in [0.5, 0.6) is 0 Å². The Kier molecular flexibility index (Phi) is 2.98. The van der Waals surface area contributed by atoms with E-state index in [1.165, 1.54) is 36.0 Å². The summed E-state index contributed by atoms with van der Waals surface area (Å²) in [5, 5.41) is 3.68. The first-order valence-corrected chi connectivity index (χ1v) is 5.94. The van der Waals surface area contributed by atoms with Gasteiger partial charge in [-0.1, -0.05) is 11.2 Å². The number of aromatic amines is 1. The molecule has 0 spiro atoms. The summed E-state index contributed by atoms with van der Waals surface area (Å²) in [6.07, 6.45) is 1.31. The Labute approximate surface area is 116 Å². The molecule has 106 valence electrons. The van der Waals surface area contributed by atoms with Crippen molar-refractivity contribution >= 4 is 0 Å². The number of aromatic nitrogens is 4. The lowest BCUT2D eigenvalue weighted by molar-refractivity contribution is 0.432. The summed E-state index contributed by atoms with van der Waals surface area (Å²) < 4.78 is 19.4. The van der Waals surface area contributed by atoms with Gasteiger partial charge in [-0.15, -0.1) is 0 Å². The van der Waals surface area contributed by atoms with Crippen molar-refractivity contribution in [1.82, 2.24) is 19.7 Å². The summed E-state index contributed by atoms with van der Waals surface area (Å²) in [6, 6.07) is 5.64. The normalized spacial score (nSPS) is 10.8. The highest BCUT2D eigenvalue weighted by molar-refractivity contribution is 5.58. The Hall–Kier alpha value is -3.03. The fraction of sp³-hybridized carbons (Fsp3) is 0.0769. The van der Waals surface area contributed by atoms with Gasteiger partial charge in [0.15, 0.2) is 0 Å². The lowest BCUT2D eigenvalue weighted by Crippen LogP contribution is -2.28. The Bertz CT molecular complexity index is 925. The second-order valence-electron chi connectivity index (χ2n) is 4.35. The fourth-order valence-corrected chi connectivity index (χ4v) is 1.79. The van der Waals surface area contributed by atoms with Crippen molar-refractivity contribution in [1.29, 1.82) is 0 Å². The average molecular weight is 288 g/mol. The quantitative estimate of drug-likeness (QED) is 0.757. The molecule has 0 amide bonds. The summed E-state index contributed by atoms with van der Waals surface area (Å²) in [6.45, 7) is 0. The summed E-state index contributed by atoms with van der Waals surface area (Å²) in [4.78, 5) is 29.2. The highest BCUT2D eigenvalue weighted by Gasteiger charge is 2.14. The maximum Gasteiger partial charge on any atom is 0.328 e. The van der Waals surface area contributed by atoms with Gasteiger partial charge in [-0.25, -0.2) is 9.18 Å². The van der Waals surface area contributed by atoms with Crippen molar-refractivity contribution in [3.05, 3.63) is 57.1 Å². The third-order valence-corrected chi connectivity index (χ3v) is 2.85. The number of halogens is 1. The van der Waals surface area contributed by atoms with E-state index in [-0.39, 0.29) is 17.3 Å². The summed E-state index contributed by atoms with van der Waals surface area (Å²) in [5.41, 5.74) is -0.680. The molecular formula is C13H9FN4O3. The van der Waals surface area contributed by atoms with Gasteiger partial charge in [0, 0.05) is 18.8 Å². The smallest absolute Gasteiger partial charge is 0.328 e. The van der Waals surface area contributed by atoms with Crippen molar-refractivity contribution in [2.24, 2.45) is 7.05 Å². The minimum Gasteiger partial charge on any atom is -0.334 e. The second kappa shape index (κ2) is 4.82. The first kappa shape index (κ1) is 13.0. The fourth-order valence-electron chi connectivity index (χ4n) is 1.79. The van der Waals surface area contributed by atoms with Gasteiger partial charge in [-0.05, 0) is 18.2 Å². The van der Waals surface area contributed by atoms with Crippen molar-refractivity contribution in [2.75, 3.05) is 0 Å².